The van der Waals surface area contributed by atoms with Crippen LogP contribution in [0.5, 0.6) is 11.5 Å². The number of hydrogen-bond donors (Lipinski definition) is 0. The van der Waals surface area contributed by atoms with Crippen LogP contribution in [0.4, 0.5) is 10.5 Å². The van der Waals surface area contributed by atoms with Crippen molar-refractivity contribution in [3.8, 4) is 11.5 Å². The van der Waals surface area contributed by atoms with Crippen LogP contribution in [-0.2, 0) is 11.3 Å². The molecule has 0 fully saturated rings. The van der Waals surface area contributed by atoms with Crippen molar-refractivity contribution in [3.63, 3.8) is 0 Å². The lowest BCUT2D eigenvalue weighted by Gasteiger charge is -2.18. The molecular formula is C19H18N2O7. The maximum Gasteiger partial charge on any atom is 0.514 e. The molecule has 0 N–H and O–H groups in total. The summed E-state index contributed by atoms with van der Waals surface area (Å²) in [5, 5.41) is 10.8. The maximum atomic E-state index is 11.9. The van der Waals surface area contributed by atoms with E-state index in [1.165, 1.54) is 18.2 Å². The van der Waals surface area contributed by atoms with E-state index >= 15 is 0 Å². The number of rotatable bonds is 5. The van der Waals surface area contributed by atoms with Crippen LogP contribution in [0.15, 0.2) is 46.9 Å². The molecule has 0 aliphatic heterocycles. The Kier molecular flexibility index (Phi) is 5.16. The van der Waals surface area contributed by atoms with Gasteiger partial charge in [-0.3, -0.25) is 10.1 Å². The van der Waals surface area contributed by atoms with Gasteiger partial charge in [0.05, 0.1) is 11.0 Å². The Hall–Kier alpha value is -3.62. The van der Waals surface area contributed by atoms with Gasteiger partial charge in [0, 0.05) is 6.07 Å². The van der Waals surface area contributed by atoms with Crippen LogP contribution in [-0.4, -0.2) is 21.7 Å². The minimum atomic E-state index is -0.850. The third kappa shape index (κ3) is 4.76. The Labute approximate surface area is 160 Å². The number of carbonyl (C=O) groups excluding carboxylic acids is 1. The number of nitro benzene ring substituents is 1. The maximum absolute atomic E-state index is 11.9. The molecule has 0 unspecified atom stereocenters. The van der Waals surface area contributed by atoms with Gasteiger partial charge < -0.3 is 18.6 Å². The lowest BCUT2D eigenvalue weighted by Crippen LogP contribution is -2.26. The van der Waals surface area contributed by atoms with Gasteiger partial charge in [-0.2, -0.15) is 0 Å². The molecule has 0 atom stereocenters. The van der Waals surface area contributed by atoms with Gasteiger partial charge in [-0.15, -0.1) is 0 Å². The van der Waals surface area contributed by atoms with Crippen molar-refractivity contribution >= 4 is 22.9 Å². The van der Waals surface area contributed by atoms with E-state index in [2.05, 4.69) is 4.98 Å². The van der Waals surface area contributed by atoms with Crippen molar-refractivity contribution in [1.29, 1.82) is 0 Å². The number of nitro groups is 1. The van der Waals surface area contributed by atoms with Gasteiger partial charge in [-0.1, -0.05) is 12.1 Å². The number of hydrogen-bond acceptors (Lipinski definition) is 8. The zero-order chi connectivity index (χ0) is 20.3. The fourth-order valence-corrected chi connectivity index (χ4v) is 2.31. The van der Waals surface area contributed by atoms with Crippen molar-refractivity contribution in [1.82, 2.24) is 4.98 Å². The number of benzene rings is 2. The first-order valence-electron chi connectivity index (χ1n) is 8.38. The normalized spacial score (nSPS) is 11.2. The standard InChI is InChI=1S/C19H18N2O7/c1-19(2,3)28-18(22)27-15-9-5-8-14-17(15)20-16(26-14)11-25-13-7-4-6-12(10-13)21(23)24/h4-10H,11H2,1-3H3. The Bertz CT molecular complexity index is 1020. The summed E-state index contributed by atoms with van der Waals surface area (Å²) < 4.78 is 21.5. The van der Waals surface area contributed by atoms with E-state index in [9.17, 15) is 14.9 Å². The Morgan fingerprint density at radius 3 is 2.68 bits per heavy atom. The van der Waals surface area contributed by atoms with Gasteiger partial charge in [0.2, 0.25) is 5.89 Å². The van der Waals surface area contributed by atoms with E-state index in [1.54, 1.807) is 45.0 Å². The second-order valence-electron chi connectivity index (χ2n) is 6.82. The van der Waals surface area contributed by atoms with Gasteiger partial charge >= 0.3 is 6.16 Å². The first-order valence-corrected chi connectivity index (χ1v) is 8.38. The van der Waals surface area contributed by atoms with E-state index in [0.29, 0.717) is 16.8 Å². The van der Waals surface area contributed by atoms with E-state index in [1.807, 2.05) is 0 Å². The molecule has 9 heteroatoms. The minimum Gasteiger partial charge on any atom is -0.484 e. The number of fused-ring (bicyclic) bond motifs is 1. The molecule has 0 spiro atoms. The zero-order valence-electron chi connectivity index (χ0n) is 15.5. The predicted octanol–water partition coefficient (Wildman–Crippen LogP) is 4.63. The molecule has 0 saturated heterocycles. The smallest absolute Gasteiger partial charge is 0.484 e. The highest BCUT2D eigenvalue weighted by Gasteiger charge is 2.20. The number of oxazole rings is 1. The van der Waals surface area contributed by atoms with Crippen LogP contribution in [0, 0.1) is 10.1 Å². The van der Waals surface area contributed by atoms with Gasteiger partial charge in [-0.05, 0) is 39.0 Å². The molecule has 0 aliphatic rings. The number of ether oxygens (including phenoxy) is 3. The number of carbonyl (C=O) groups is 1. The van der Waals surface area contributed by atoms with Crippen molar-refractivity contribution < 1.29 is 28.3 Å². The van der Waals surface area contributed by atoms with Gasteiger partial charge in [0.15, 0.2) is 23.5 Å². The van der Waals surface area contributed by atoms with Crippen LogP contribution in [0.1, 0.15) is 26.7 Å². The van der Waals surface area contributed by atoms with Crippen LogP contribution in [0.3, 0.4) is 0 Å². The highest BCUT2D eigenvalue weighted by Crippen LogP contribution is 2.27. The molecular weight excluding hydrogens is 368 g/mol. The van der Waals surface area contributed by atoms with Gasteiger partial charge in [0.1, 0.15) is 11.4 Å². The number of nitrogens with zero attached hydrogens (tertiary/aromatic N) is 2. The lowest BCUT2D eigenvalue weighted by molar-refractivity contribution is -0.384. The number of non-ortho nitro benzene ring substituents is 1. The molecule has 2 aromatic carbocycles. The molecule has 1 aromatic heterocycles. The second kappa shape index (κ2) is 7.55. The SMILES string of the molecule is CC(C)(C)OC(=O)Oc1cccc2oc(COc3cccc([N+](=O)[O-])c3)nc12. The van der Waals surface area contributed by atoms with E-state index in [-0.39, 0.29) is 23.9 Å². The third-order valence-electron chi connectivity index (χ3n) is 3.40. The summed E-state index contributed by atoms with van der Waals surface area (Å²) in [5.41, 5.74) is -0.0284. The zero-order valence-corrected chi connectivity index (χ0v) is 15.5. The molecule has 1 heterocycles. The number of para-hydroxylation sites is 1. The van der Waals surface area contributed by atoms with Crippen molar-refractivity contribution in [3.05, 3.63) is 58.5 Å². The Morgan fingerprint density at radius 2 is 1.96 bits per heavy atom. The molecule has 28 heavy (non-hydrogen) atoms. The third-order valence-corrected chi connectivity index (χ3v) is 3.40. The van der Waals surface area contributed by atoms with Gasteiger partial charge in [-0.25, -0.2) is 9.78 Å². The summed E-state index contributed by atoms with van der Waals surface area (Å²) >= 11 is 0. The second-order valence-corrected chi connectivity index (χ2v) is 6.82. The monoisotopic (exact) mass is 386 g/mol. The van der Waals surface area contributed by atoms with Crippen LogP contribution < -0.4 is 9.47 Å². The Morgan fingerprint density at radius 1 is 1.21 bits per heavy atom. The summed E-state index contributed by atoms with van der Waals surface area (Å²) in [6.07, 6.45) is -0.850. The predicted molar refractivity (Wildman–Crippen MR) is 98.3 cm³/mol. The molecule has 0 bridgehead atoms. The highest BCUT2D eigenvalue weighted by atomic mass is 16.7. The highest BCUT2D eigenvalue weighted by molar-refractivity contribution is 5.82. The lowest BCUT2D eigenvalue weighted by atomic mass is 10.2. The largest absolute Gasteiger partial charge is 0.514 e. The topological polar surface area (TPSA) is 114 Å². The number of aromatic nitrogens is 1. The Balaban J connectivity index is 1.74. The van der Waals surface area contributed by atoms with Crippen molar-refractivity contribution in [2.75, 3.05) is 0 Å². The van der Waals surface area contributed by atoms with E-state index in [0.717, 1.165) is 0 Å². The van der Waals surface area contributed by atoms with Crippen LogP contribution in [0.2, 0.25) is 0 Å². The average Bonchev–Trinajstić information content (AvgIpc) is 3.03. The first kappa shape index (κ1) is 19.2. The van der Waals surface area contributed by atoms with Crippen LogP contribution in [0.25, 0.3) is 11.1 Å². The molecule has 3 rings (SSSR count). The summed E-state index contributed by atoms with van der Waals surface area (Å²) in [7, 11) is 0. The molecule has 0 radical (unpaired) electrons. The van der Waals surface area contributed by atoms with Crippen molar-refractivity contribution in [2.24, 2.45) is 0 Å². The molecule has 0 saturated carbocycles. The summed E-state index contributed by atoms with van der Waals surface area (Å²) in [4.78, 5) is 26.5. The average molecular weight is 386 g/mol. The summed E-state index contributed by atoms with van der Waals surface area (Å²) in [5.74, 6) is 0.723. The van der Waals surface area contributed by atoms with Crippen LogP contribution >= 0.6 is 0 Å². The minimum absolute atomic E-state index is 0.0538. The molecule has 3 aromatic rings. The first-order chi connectivity index (χ1) is 13.2. The molecule has 146 valence electrons. The summed E-state index contributed by atoms with van der Waals surface area (Å²) in [6, 6.07) is 10.7. The molecule has 0 aliphatic carbocycles. The van der Waals surface area contributed by atoms with E-state index in [4.69, 9.17) is 18.6 Å². The fraction of sp³-hybridized carbons (Fsp3) is 0.263. The molecule has 9 nitrogen and oxygen atoms in total. The van der Waals surface area contributed by atoms with Crippen molar-refractivity contribution in [2.45, 2.75) is 33.0 Å². The summed E-state index contributed by atoms with van der Waals surface area (Å²) in [6.45, 7) is 5.14. The van der Waals surface area contributed by atoms with E-state index < -0.39 is 16.7 Å². The quantitative estimate of drug-likeness (QED) is 0.270. The molecule has 0 amide bonds. The van der Waals surface area contributed by atoms with Gasteiger partial charge in [0.25, 0.3) is 5.69 Å². The fourth-order valence-electron chi connectivity index (χ4n) is 2.31.